The Bertz CT molecular complexity index is 758. The van der Waals surface area contributed by atoms with Crippen molar-refractivity contribution in [1.29, 1.82) is 0 Å². The molecule has 0 aliphatic carbocycles. The molecule has 0 fully saturated rings. The number of nitrogen functional groups attached to an aromatic ring is 1. The summed E-state index contributed by atoms with van der Waals surface area (Å²) < 4.78 is 29.1. The SMILES string of the molecule is Nc1cc(S(=O)(=O)N2CCn3cnnc3C2)ccc1Br. The molecule has 3 rings (SSSR count). The van der Waals surface area contributed by atoms with E-state index in [1.807, 2.05) is 4.57 Å². The minimum Gasteiger partial charge on any atom is -0.398 e. The summed E-state index contributed by atoms with van der Waals surface area (Å²) in [6.45, 7) is 1.16. The van der Waals surface area contributed by atoms with Crippen LogP contribution in [0.4, 0.5) is 5.69 Å². The van der Waals surface area contributed by atoms with Crippen molar-refractivity contribution in [1.82, 2.24) is 19.1 Å². The molecule has 20 heavy (non-hydrogen) atoms. The van der Waals surface area contributed by atoms with Crippen molar-refractivity contribution in [3.8, 4) is 0 Å². The number of nitrogens with zero attached hydrogens (tertiary/aromatic N) is 4. The number of fused-ring (bicyclic) bond motifs is 1. The van der Waals surface area contributed by atoms with E-state index in [-0.39, 0.29) is 11.4 Å². The molecular formula is C11H12BrN5O2S. The Labute approximate surface area is 124 Å². The summed E-state index contributed by atoms with van der Waals surface area (Å²) in [5.74, 6) is 0.643. The van der Waals surface area contributed by atoms with E-state index >= 15 is 0 Å². The molecule has 0 bridgehead atoms. The van der Waals surface area contributed by atoms with E-state index in [4.69, 9.17) is 5.73 Å². The van der Waals surface area contributed by atoms with Gasteiger partial charge in [-0.2, -0.15) is 4.31 Å². The predicted octanol–water partition coefficient (Wildman–Crippen LogP) is 0.827. The molecule has 0 saturated carbocycles. The van der Waals surface area contributed by atoms with E-state index in [1.165, 1.54) is 16.4 Å². The van der Waals surface area contributed by atoms with Gasteiger partial charge in [0, 0.05) is 23.2 Å². The van der Waals surface area contributed by atoms with Crippen LogP contribution in [-0.2, 0) is 23.1 Å². The zero-order valence-electron chi connectivity index (χ0n) is 10.4. The second-order valence-electron chi connectivity index (χ2n) is 4.46. The van der Waals surface area contributed by atoms with Gasteiger partial charge in [-0.3, -0.25) is 0 Å². The molecule has 9 heteroatoms. The molecule has 2 aromatic rings. The van der Waals surface area contributed by atoms with Crippen LogP contribution < -0.4 is 5.73 Å². The molecule has 106 valence electrons. The molecule has 2 N–H and O–H groups in total. The minimum absolute atomic E-state index is 0.186. The van der Waals surface area contributed by atoms with Crippen molar-refractivity contribution in [3.63, 3.8) is 0 Å². The third-order valence-corrected chi connectivity index (χ3v) is 5.77. The Morgan fingerprint density at radius 2 is 2.10 bits per heavy atom. The number of nitrogens with two attached hydrogens (primary N) is 1. The third-order valence-electron chi connectivity index (χ3n) is 3.21. The lowest BCUT2D eigenvalue weighted by molar-refractivity contribution is 0.335. The van der Waals surface area contributed by atoms with Crippen LogP contribution in [0.5, 0.6) is 0 Å². The van der Waals surface area contributed by atoms with E-state index in [1.54, 1.807) is 12.4 Å². The molecule has 2 heterocycles. The second kappa shape index (κ2) is 4.83. The van der Waals surface area contributed by atoms with Crippen LogP contribution in [0, 0.1) is 0 Å². The molecule has 0 spiro atoms. The molecule has 1 aliphatic heterocycles. The molecule has 1 aromatic carbocycles. The molecule has 0 unspecified atom stereocenters. The first kappa shape index (κ1) is 13.5. The maximum atomic E-state index is 12.6. The van der Waals surface area contributed by atoms with Gasteiger partial charge in [0.15, 0.2) is 0 Å². The summed E-state index contributed by atoms with van der Waals surface area (Å²) in [5, 5.41) is 7.70. The first-order chi connectivity index (χ1) is 9.48. The number of aromatic nitrogens is 3. The molecule has 0 amide bonds. The highest BCUT2D eigenvalue weighted by Crippen LogP contribution is 2.26. The summed E-state index contributed by atoms with van der Waals surface area (Å²) in [7, 11) is -3.57. The van der Waals surface area contributed by atoms with Gasteiger partial charge in [-0.1, -0.05) is 0 Å². The standard InChI is InChI=1S/C11H12BrN5O2S/c12-9-2-1-8(5-10(9)13)20(18,19)17-4-3-16-7-14-15-11(16)6-17/h1-2,5,7H,3-4,6,13H2. The van der Waals surface area contributed by atoms with Crippen LogP contribution in [0.1, 0.15) is 5.82 Å². The number of sulfonamides is 1. The number of halogens is 1. The van der Waals surface area contributed by atoms with E-state index in [0.717, 1.165) is 0 Å². The van der Waals surface area contributed by atoms with E-state index in [9.17, 15) is 8.42 Å². The Balaban J connectivity index is 1.95. The fraction of sp³-hybridized carbons (Fsp3) is 0.273. The van der Waals surface area contributed by atoms with Crippen molar-refractivity contribution >= 4 is 31.6 Å². The highest BCUT2D eigenvalue weighted by atomic mass is 79.9. The zero-order valence-corrected chi connectivity index (χ0v) is 12.8. The maximum Gasteiger partial charge on any atom is 0.243 e. The van der Waals surface area contributed by atoms with Crippen LogP contribution in [0.3, 0.4) is 0 Å². The Morgan fingerprint density at radius 1 is 1.30 bits per heavy atom. The monoisotopic (exact) mass is 357 g/mol. The molecule has 0 atom stereocenters. The number of benzene rings is 1. The van der Waals surface area contributed by atoms with Gasteiger partial charge in [0.25, 0.3) is 0 Å². The fourth-order valence-corrected chi connectivity index (χ4v) is 3.75. The van der Waals surface area contributed by atoms with E-state index < -0.39 is 10.0 Å². The number of hydrogen-bond acceptors (Lipinski definition) is 5. The van der Waals surface area contributed by atoms with Gasteiger partial charge < -0.3 is 10.3 Å². The largest absolute Gasteiger partial charge is 0.398 e. The lowest BCUT2D eigenvalue weighted by atomic mass is 10.3. The molecule has 1 aliphatic rings. The van der Waals surface area contributed by atoms with Crippen molar-refractivity contribution in [2.24, 2.45) is 0 Å². The fourth-order valence-electron chi connectivity index (χ4n) is 2.08. The van der Waals surface area contributed by atoms with Crippen molar-refractivity contribution in [2.45, 2.75) is 18.0 Å². The third kappa shape index (κ3) is 2.21. The van der Waals surface area contributed by atoms with E-state index in [0.29, 0.717) is 29.1 Å². The van der Waals surface area contributed by atoms with Crippen molar-refractivity contribution < 1.29 is 8.42 Å². The van der Waals surface area contributed by atoms with Crippen LogP contribution >= 0.6 is 15.9 Å². The highest BCUT2D eigenvalue weighted by molar-refractivity contribution is 9.10. The Morgan fingerprint density at radius 3 is 2.85 bits per heavy atom. The summed E-state index contributed by atoms with van der Waals surface area (Å²) >= 11 is 3.25. The van der Waals surface area contributed by atoms with Gasteiger partial charge in [0.1, 0.15) is 12.2 Å². The average Bonchev–Trinajstić information content (AvgIpc) is 2.89. The van der Waals surface area contributed by atoms with E-state index in [2.05, 4.69) is 26.1 Å². The smallest absolute Gasteiger partial charge is 0.243 e. The normalized spacial score (nSPS) is 16.1. The lowest BCUT2D eigenvalue weighted by Gasteiger charge is -2.26. The number of anilines is 1. The molecular weight excluding hydrogens is 346 g/mol. The van der Waals surface area contributed by atoms with Crippen LogP contribution in [-0.4, -0.2) is 34.0 Å². The van der Waals surface area contributed by atoms with Crippen LogP contribution in [0.2, 0.25) is 0 Å². The number of hydrogen-bond donors (Lipinski definition) is 1. The van der Waals surface area contributed by atoms with Gasteiger partial charge in [0.05, 0.1) is 11.4 Å². The molecule has 0 saturated heterocycles. The highest BCUT2D eigenvalue weighted by Gasteiger charge is 2.29. The van der Waals surface area contributed by atoms with Crippen LogP contribution in [0.15, 0.2) is 33.9 Å². The summed E-state index contributed by atoms with van der Waals surface area (Å²) in [5.41, 5.74) is 6.15. The zero-order chi connectivity index (χ0) is 14.3. The maximum absolute atomic E-state index is 12.6. The van der Waals surface area contributed by atoms with Crippen molar-refractivity contribution in [3.05, 3.63) is 34.8 Å². The van der Waals surface area contributed by atoms with Gasteiger partial charge in [-0.15, -0.1) is 10.2 Å². The van der Waals surface area contributed by atoms with Gasteiger partial charge in [-0.05, 0) is 34.1 Å². The Hall–Kier alpha value is -1.45. The molecule has 7 nitrogen and oxygen atoms in total. The average molecular weight is 358 g/mol. The van der Waals surface area contributed by atoms with Gasteiger partial charge in [0.2, 0.25) is 10.0 Å². The first-order valence-corrected chi connectivity index (χ1v) is 8.13. The predicted molar refractivity (Wildman–Crippen MR) is 76.2 cm³/mol. The quantitative estimate of drug-likeness (QED) is 0.803. The second-order valence-corrected chi connectivity index (χ2v) is 7.25. The summed E-state index contributed by atoms with van der Waals surface area (Å²) in [6, 6.07) is 4.63. The van der Waals surface area contributed by atoms with Crippen molar-refractivity contribution in [2.75, 3.05) is 12.3 Å². The minimum atomic E-state index is -3.57. The summed E-state index contributed by atoms with van der Waals surface area (Å²) in [6.07, 6.45) is 1.61. The van der Waals surface area contributed by atoms with Gasteiger partial charge >= 0.3 is 0 Å². The number of rotatable bonds is 2. The Kier molecular flexibility index (Phi) is 3.27. The molecule has 1 aromatic heterocycles. The van der Waals surface area contributed by atoms with Crippen LogP contribution in [0.25, 0.3) is 0 Å². The lowest BCUT2D eigenvalue weighted by Crippen LogP contribution is -2.38. The topological polar surface area (TPSA) is 94.1 Å². The van der Waals surface area contributed by atoms with Gasteiger partial charge in [-0.25, -0.2) is 8.42 Å². The first-order valence-electron chi connectivity index (χ1n) is 5.90. The molecule has 0 radical (unpaired) electrons. The summed E-state index contributed by atoms with van der Waals surface area (Å²) in [4.78, 5) is 0.186.